The molecule has 2 N–H and O–H groups in total. The number of benzene rings is 2. The fourth-order valence-electron chi connectivity index (χ4n) is 2.73. The van der Waals surface area contributed by atoms with Gasteiger partial charge in [-0.15, -0.1) is 0 Å². The SMILES string of the molecule is COc1ccc2c(c1)=NC(=O)/C(=C/c1sc(=S)n(Nc3ccccc3)c1O)C=2. The molecule has 140 valence electrons. The number of anilines is 1. The van der Waals surface area contributed by atoms with Gasteiger partial charge >= 0.3 is 0 Å². The number of nitrogens with zero attached hydrogens (tertiary/aromatic N) is 2. The molecule has 0 atom stereocenters. The van der Waals surface area contributed by atoms with Gasteiger partial charge in [-0.1, -0.05) is 29.5 Å². The molecule has 0 spiro atoms. The number of nitrogens with one attached hydrogen (secondary N) is 1. The highest BCUT2D eigenvalue weighted by Gasteiger charge is 2.15. The van der Waals surface area contributed by atoms with E-state index in [4.69, 9.17) is 17.0 Å². The van der Waals surface area contributed by atoms with Crippen molar-refractivity contribution in [1.29, 1.82) is 0 Å². The van der Waals surface area contributed by atoms with Crippen LogP contribution in [0, 0.1) is 3.95 Å². The molecular formula is C20H15N3O3S2. The van der Waals surface area contributed by atoms with Gasteiger partial charge in [0.15, 0.2) is 3.95 Å². The van der Waals surface area contributed by atoms with Crippen LogP contribution in [0.5, 0.6) is 11.6 Å². The van der Waals surface area contributed by atoms with Crippen LogP contribution in [-0.4, -0.2) is 22.8 Å². The lowest BCUT2D eigenvalue weighted by Gasteiger charge is -2.08. The third-order valence-corrected chi connectivity index (χ3v) is 5.44. The zero-order valence-electron chi connectivity index (χ0n) is 14.7. The van der Waals surface area contributed by atoms with Crippen LogP contribution in [0.25, 0.3) is 12.2 Å². The molecule has 0 bridgehead atoms. The summed E-state index contributed by atoms with van der Waals surface area (Å²) in [5.74, 6) is 0.186. The molecule has 1 aromatic heterocycles. The lowest BCUT2D eigenvalue weighted by atomic mass is 10.1. The Hall–Kier alpha value is -3.23. The summed E-state index contributed by atoms with van der Waals surface area (Å²) in [6.45, 7) is 0. The number of hydrogen-bond donors (Lipinski definition) is 2. The Morgan fingerprint density at radius 1 is 1.25 bits per heavy atom. The summed E-state index contributed by atoms with van der Waals surface area (Å²) < 4.78 is 7.00. The van der Waals surface area contributed by atoms with Crippen molar-refractivity contribution < 1.29 is 14.6 Å². The smallest absolute Gasteiger partial charge is 0.277 e. The topological polar surface area (TPSA) is 75.8 Å². The van der Waals surface area contributed by atoms with E-state index in [0.29, 0.717) is 25.5 Å². The number of para-hydroxylation sites is 1. The van der Waals surface area contributed by atoms with E-state index in [1.165, 1.54) is 16.0 Å². The molecule has 0 saturated carbocycles. The molecule has 8 heteroatoms. The molecule has 2 aromatic carbocycles. The molecule has 0 saturated heterocycles. The zero-order chi connectivity index (χ0) is 19.7. The summed E-state index contributed by atoms with van der Waals surface area (Å²) >= 11 is 6.54. The summed E-state index contributed by atoms with van der Waals surface area (Å²) in [6, 6.07) is 14.7. The van der Waals surface area contributed by atoms with Crippen LogP contribution in [-0.2, 0) is 4.79 Å². The number of ether oxygens (including phenoxy) is 1. The van der Waals surface area contributed by atoms with Crippen LogP contribution in [0.2, 0.25) is 0 Å². The average molecular weight is 409 g/mol. The van der Waals surface area contributed by atoms with Crippen LogP contribution in [0.3, 0.4) is 0 Å². The van der Waals surface area contributed by atoms with Crippen molar-refractivity contribution in [2.24, 2.45) is 4.99 Å². The Kier molecular flexibility index (Phi) is 4.81. The number of methoxy groups -OCH3 is 1. The quantitative estimate of drug-likeness (QED) is 0.512. The number of hydrogen-bond acceptors (Lipinski definition) is 6. The van der Waals surface area contributed by atoms with E-state index in [1.807, 2.05) is 36.4 Å². The van der Waals surface area contributed by atoms with Gasteiger partial charge < -0.3 is 9.84 Å². The van der Waals surface area contributed by atoms with E-state index >= 15 is 0 Å². The van der Waals surface area contributed by atoms with Crippen molar-refractivity contribution >= 4 is 47.3 Å². The fourth-order valence-corrected chi connectivity index (χ4v) is 3.92. The van der Waals surface area contributed by atoms with Gasteiger partial charge in [-0.25, -0.2) is 9.67 Å². The second kappa shape index (κ2) is 7.41. The first kappa shape index (κ1) is 18.1. The van der Waals surface area contributed by atoms with Crippen molar-refractivity contribution in [2.75, 3.05) is 12.5 Å². The Morgan fingerprint density at radius 3 is 2.79 bits per heavy atom. The Bertz CT molecular complexity index is 1270. The number of aromatic hydroxyl groups is 1. The largest absolute Gasteiger partial charge is 0.497 e. The first-order valence-electron chi connectivity index (χ1n) is 8.32. The first-order valence-corrected chi connectivity index (χ1v) is 9.55. The summed E-state index contributed by atoms with van der Waals surface area (Å²) in [6.07, 6.45) is 3.33. The van der Waals surface area contributed by atoms with Crippen molar-refractivity contribution in [3.8, 4) is 11.6 Å². The van der Waals surface area contributed by atoms with E-state index in [-0.39, 0.29) is 11.8 Å². The maximum absolute atomic E-state index is 12.4. The minimum atomic E-state index is -0.387. The number of thiazole rings is 1. The standard InChI is InChI=1S/C20H15N3O3S2/c1-26-15-8-7-12-9-13(18(24)21-16(12)11-15)10-17-19(25)23(20(27)28-17)22-14-5-3-2-4-6-14/h2-11,22,25H,1H3/b13-10+. The van der Waals surface area contributed by atoms with Crippen molar-refractivity contribution in [3.05, 3.63) is 73.5 Å². The van der Waals surface area contributed by atoms with Crippen LogP contribution in [0.4, 0.5) is 5.69 Å². The highest BCUT2D eigenvalue weighted by Crippen LogP contribution is 2.29. The van der Waals surface area contributed by atoms with Gasteiger partial charge in [0, 0.05) is 16.9 Å². The Morgan fingerprint density at radius 2 is 2.04 bits per heavy atom. The second-order valence-electron chi connectivity index (χ2n) is 5.95. The highest BCUT2D eigenvalue weighted by atomic mass is 32.1. The van der Waals surface area contributed by atoms with Crippen molar-refractivity contribution in [3.63, 3.8) is 0 Å². The van der Waals surface area contributed by atoms with Gasteiger partial charge in [0.2, 0.25) is 5.88 Å². The number of carbonyl (C=O) groups is 1. The number of amides is 1. The fraction of sp³-hybridized carbons (Fsp3) is 0.0500. The summed E-state index contributed by atoms with van der Waals surface area (Å²) in [7, 11) is 1.56. The van der Waals surface area contributed by atoms with Crippen LogP contribution in [0.1, 0.15) is 4.88 Å². The molecule has 6 nitrogen and oxygen atoms in total. The normalized spacial score (nSPS) is 14.2. The van der Waals surface area contributed by atoms with E-state index < -0.39 is 0 Å². The van der Waals surface area contributed by atoms with Gasteiger partial charge in [0.1, 0.15) is 5.75 Å². The predicted molar refractivity (Wildman–Crippen MR) is 111 cm³/mol. The molecular weight excluding hydrogens is 394 g/mol. The summed E-state index contributed by atoms with van der Waals surface area (Å²) in [4.78, 5) is 17.0. The Labute approximate surface area is 169 Å². The molecule has 28 heavy (non-hydrogen) atoms. The third kappa shape index (κ3) is 3.47. The molecule has 1 aliphatic rings. The second-order valence-corrected chi connectivity index (χ2v) is 7.63. The highest BCUT2D eigenvalue weighted by molar-refractivity contribution is 7.73. The van der Waals surface area contributed by atoms with Gasteiger partial charge in [0.05, 0.1) is 23.0 Å². The van der Waals surface area contributed by atoms with Crippen molar-refractivity contribution in [1.82, 2.24) is 4.68 Å². The molecule has 0 radical (unpaired) electrons. The molecule has 0 fully saturated rings. The van der Waals surface area contributed by atoms with E-state index in [1.54, 1.807) is 31.4 Å². The van der Waals surface area contributed by atoms with E-state index in [2.05, 4.69) is 10.4 Å². The third-order valence-electron chi connectivity index (χ3n) is 4.13. The van der Waals surface area contributed by atoms with Gasteiger partial charge in [0.25, 0.3) is 5.91 Å². The zero-order valence-corrected chi connectivity index (χ0v) is 16.4. The van der Waals surface area contributed by atoms with E-state index in [0.717, 1.165) is 10.9 Å². The molecule has 1 amide bonds. The van der Waals surface area contributed by atoms with Crippen LogP contribution in [0.15, 0.2) is 59.1 Å². The maximum Gasteiger partial charge on any atom is 0.277 e. The number of fused-ring (bicyclic) bond motifs is 1. The van der Waals surface area contributed by atoms with Gasteiger partial charge in [-0.2, -0.15) is 0 Å². The molecule has 0 aliphatic carbocycles. The molecule has 4 rings (SSSR count). The van der Waals surface area contributed by atoms with Gasteiger partial charge in [-0.3, -0.25) is 10.2 Å². The average Bonchev–Trinajstić information content (AvgIpc) is 2.96. The lowest BCUT2D eigenvalue weighted by molar-refractivity contribution is -0.114. The van der Waals surface area contributed by atoms with Crippen LogP contribution < -0.4 is 20.7 Å². The molecule has 0 unspecified atom stereocenters. The molecule has 2 heterocycles. The monoisotopic (exact) mass is 409 g/mol. The lowest BCUT2D eigenvalue weighted by Crippen LogP contribution is -2.30. The van der Waals surface area contributed by atoms with Crippen LogP contribution >= 0.6 is 23.6 Å². The first-order chi connectivity index (χ1) is 13.5. The van der Waals surface area contributed by atoms with Gasteiger partial charge in [-0.05, 0) is 48.6 Å². The summed E-state index contributed by atoms with van der Waals surface area (Å²) in [5.41, 5.74) is 4.20. The number of carbonyl (C=O) groups excluding carboxylic acids is 1. The summed E-state index contributed by atoms with van der Waals surface area (Å²) in [5, 5.41) is 11.9. The minimum absolute atomic E-state index is 0.0620. The number of aromatic nitrogens is 1. The Balaban J connectivity index is 1.73. The van der Waals surface area contributed by atoms with Crippen molar-refractivity contribution in [2.45, 2.75) is 0 Å². The number of rotatable bonds is 4. The van der Waals surface area contributed by atoms with E-state index in [9.17, 15) is 9.90 Å². The molecule has 3 aromatic rings. The maximum atomic E-state index is 12.4. The predicted octanol–water partition coefficient (Wildman–Crippen LogP) is 2.89. The molecule has 1 aliphatic heterocycles. The minimum Gasteiger partial charge on any atom is -0.497 e.